The number of pyridine rings is 2. The van der Waals surface area contributed by atoms with E-state index in [4.69, 9.17) is 25.4 Å². The molecule has 41 heavy (non-hydrogen) atoms. The fourth-order valence-electron chi connectivity index (χ4n) is 4.14. The maximum Gasteiger partial charge on any atom is 0.153 e. The van der Waals surface area contributed by atoms with Crippen LogP contribution in [0.2, 0.25) is 0 Å². The van der Waals surface area contributed by atoms with Crippen LogP contribution in [0.15, 0.2) is 54.7 Å². The van der Waals surface area contributed by atoms with Crippen LogP contribution in [-0.2, 0) is 11.2 Å². The van der Waals surface area contributed by atoms with Crippen molar-refractivity contribution in [3.8, 4) is 17.0 Å². The van der Waals surface area contributed by atoms with Gasteiger partial charge in [0.2, 0.25) is 0 Å². The maximum absolute atomic E-state index is 8.00. The molecule has 0 spiro atoms. The molecule has 2 aromatic carbocycles. The zero-order valence-corrected chi connectivity index (χ0v) is 27.0. The van der Waals surface area contributed by atoms with Crippen LogP contribution >= 0.6 is 7.92 Å². The smallest absolute Gasteiger partial charge is 0.153 e. The van der Waals surface area contributed by atoms with E-state index in [1.54, 1.807) is 0 Å². The molecular weight excluding hydrogens is 529 g/mol. The SMILES string of the molecule is C=O.CC.CCCO.Cc1ccc(-c2nc(CCN)cc3c2OCP3C)cc1.Cc1cnc2c(C)cc(C)cc2c1. The van der Waals surface area contributed by atoms with E-state index in [2.05, 4.69) is 87.9 Å². The molecule has 4 aromatic rings. The zero-order valence-electron chi connectivity index (χ0n) is 26.1. The third-order valence-corrected chi connectivity index (χ3v) is 7.70. The summed E-state index contributed by atoms with van der Waals surface area (Å²) in [5, 5.41) is 10.5. The van der Waals surface area contributed by atoms with Crippen molar-refractivity contribution in [3.05, 3.63) is 82.7 Å². The van der Waals surface area contributed by atoms with Crippen molar-refractivity contribution in [1.29, 1.82) is 0 Å². The lowest BCUT2D eigenvalue weighted by Crippen LogP contribution is -2.09. The average molecular weight is 578 g/mol. The Hall–Kier alpha value is -3.18. The molecule has 1 unspecified atom stereocenters. The normalized spacial score (nSPS) is 12.6. The van der Waals surface area contributed by atoms with E-state index in [-0.39, 0.29) is 7.92 Å². The third kappa shape index (κ3) is 10.6. The number of ether oxygens (including phenoxy) is 1. The molecule has 222 valence electrons. The minimum Gasteiger partial charge on any atom is -0.486 e. The second kappa shape index (κ2) is 19.0. The zero-order chi connectivity index (χ0) is 30.9. The summed E-state index contributed by atoms with van der Waals surface area (Å²) >= 11 is 0. The van der Waals surface area contributed by atoms with Gasteiger partial charge < -0.3 is 20.4 Å². The fourth-order valence-corrected chi connectivity index (χ4v) is 5.49. The van der Waals surface area contributed by atoms with Gasteiger partial charge in [0.25, 0.3) is 0 Å². The van der Waals surface area contributed by atoms with Crippen LogP contribution in [-0.4, -0.2) is 48.0 Å². The summed E-state index contributed by atoms with van der Waals surface area (Å²) in [6, 6.07) is 17.2. The molecule has 0 saturated carbocycles. The Balaban J connectivity index is 0.000000344. The lowest BCUT2D eigenvalue weighted by atomic mass is 10.1. The summed E-state index contributed by atoms with van der Waals surface area (Å²) in [4.78, 5) is 17.2. The standard InChI is InChI=1S/C16H19N2OP.C12H13N.C3H8O.C2H6.CH2O/c1-11-3-5-12(6-4-11)15-16-14(20(2)10-19-16)9-13(18-15)7-8-17;1-8-4-10(3)12-11(5-8)6-9(2)7-13-12;1-2-3-4;2*1-2/h3-6,9H,7-8,10,17H2,1-2H3;4-7H,1-3H3;4H,2-3H2,1H3;1-2H3;1H2. The number of aliphatic hydroxyl groups is 1. The lowest BCUT2D eigenvalue weighted by molar-refractivity contribution is -0.0980. The molecule has 0 bridgehead atoms. The van der Waals surface area contributed by atoms with Gasteiger partial charge in [-0.05, 0) is 84.6 Å². The number of rotatable bonds is 4. The van der Waals surface area contributed by atoms with Crippen LogP contribution in [0.3, 0.4) is 0 Å². The summed E-state index contributed by atoms with van der Waals surface area (Å²) in [5.74, 6) is 0.975. The first kappa shape index (κ1) is 35.8. The van der Waals surface area contributed by atoms with E-state index in [0.29, 0.717) is 13.2 Å². The summed E-state index contributed by atoms with van der Waals surface area (Å²) in [5.41, 5.74) is 15.0. The van der Waals surface area contributed by atoms with Gasteiger partial charge in [0.15, 0.2) is 5.75 Å². The van der Waals surface area contributed by atoms with Gasteiger partial charge in [-0.3, -0.25) is 4.98 Å². The minimum absolute atomic E-state index is 0.224. The van der Waals surface area contributed by atoms with E-state index in [0.717, 1.165) is 47.4 Å². The van der Waals surface area contributed by atoms with Crippen molar-refractivity contribution in [1.82, 2.24) is 9.97 Å². The molecule has 6 nitrogen and oxygen atoms in total. The molecule has 3 N–H and O–H groups in total. The van der Waals surface area contributed by atoms with Crippen molar-refractivity contribution in [2.24, 2.45) is 5.73 Å². The van der Waals surface area contributed by atoms with Gasteiger partial charge in [-0.15, -0.1) is 0 Å². The highest BCUT2D eigenvalue weighted by atomic mass is 31.1. The first-order chi connectivity index (χ1) is 19.8. The highest BCUT2D eigenvalue weighted by Crippen LogP contribution is 2.44. The van der Waals surface area contributed by atoms with Crippen LogP contribution in [0.4, 0.5) is 0 Å². The third-order valence-electron chi connectivity index (χ3n) is 6.02. The number of nitrogens with zero attached hydrogens (tertiary/aromatic N) is 2. The molecule has 0 radical (unpaired) electrons. The molecule has 1 aliphatic rings. The van der Waals surface area contributed by atoms with Gasteiger partial charge in [0.1, 0.15) is 18.8 Å². The molecule has 3 heterocycles. The molecule has 5 rings (SSSR count). The Morgan fingerprint density at radius 3 is 2.17 bits per heavy atom. The van der Waals surface area contributed by atoms with Gasteiger partial charge in [0.05, 0.1) is 5.52 Å². The molecule has 1 aliphatic heterocycles. The molecule has 0 fully saturated rings. The monoisotopic (exact) mass is 577 g/mol. The van der Waals surface area contributed by atoms with E-state index < -0.39 is 0 Å². The molecule has 2 aromatic heterocycles. The van der Waals surface area contributed by atoms with E-state index >= 15 is 0 Å². The number of carbonyl (C=O) groups excluding carboxylic acids is 1. The Morgan fingerprint density at radius 2 is 1.59 bits per heavy atom. The number of fused-ring (bicyclic) bond motifs is 2. The molecule has 0 aliphatic carbocycles. The van der Waals surface area contributed by atoms with Crippen LogP contribution < -0.4 is 15.8 Å². The summed E-state index contributed by atoms with van der Waals surface area (Å²) in [6.07, 6.45) is 4.41. The van der Waals surface area contributed by atoms with Crippen molar-refractivity contribution >= 4 is 30.9 Å². The Bertz CT molecular complexity index is 1340. The number of benzene rings is 2. The number of nitrogens with two attached hydrogens (primary N) is 1. The number of aryl methyl sites for hydroxylation is 4. The molecule has 0 saturated heterocycles. The first-order valence-corrected chi connectivity index (χ1v) is 16.1. The average Bonchev–Trinajstić information content (AvgIpc) is 3.36. The van der Waals surface area contributed by atoms with Crippen molar-refractivity contribution < 1.29 is 14.6 Å². The van der Waals surface area contributed by atoms with E-state index in [1.807, 2.05) is 33.8 Å². The molecular formula is C34H48N3O3P. The van der Waals surface area contributed by atoms with Crippen molar-refractivity contribution in [2.75, 3.05) is 26.2 Å². The summed E-state index contributed by atoms with van der Waals surface area (Å²) in [7, 11) is -0.224. The second-order valence-electron chi connectivity index (χ2n) is 9.58. The Morgan fingerprint density at radius 1 is 0.976 bits per heavy atom. The number of hydrogen-bond donors (Lipinski definition) is 2. The van der Waals surface area contributed by atoms with Gasteiger partial charge in [-0.2, -0.15) is 0 Å². The highest BCUT2D eigenvalue weighted by Gasteiger charge is 2.25. The van der Waals surface area contributed by atoms with Crippen LogP contribution in [0.5, 0.6) is 5.75 Å². The lowest BCUT2D eigenvalue weighted by Gasteiger charge is -2.11. The van der Waals surface area contributed by atoms with Crippen molar-refractivity contribution in [3.63, 3.8) is 0 Å². The Kier molecular flexibility index (Phi) is 16.6. The van der Waals surface area contributed by atoms with Gasteiger partial charge in [-0.25, -0.2) is 4.98 Å². The summed E-state index contributed by atoms with van der Waals surface area (Å²) in [6.45, 7) is 19.5. The summed E-state index contributed by atoms with van der Waals surface area (Å²) < 4.78 is 5.89. The predicted octanol–water partition coefficient (Wildman–Crippen LogP) is 7.04. The predicted molar refractivity (Wildman–Crippen MR) is 177 cm³/mol. The van der Waals surface area contributed by atoms with E-state index in [9.17, 15) is 0 Å². The van der Waals surface area contributed by atoms with Gasteiger partial charge in [-0.1, -0.05) is 62.2 Å². The molecule has 0 amide bonds. The number of hydrogen-bond acceptors (Lipinski definition) is 6. The topological polar surface area (TPSA) is 98.3 Å². The van der Waals surface area contributed by atoms with Crippen molar-refractivity contribution in [2.45, 2.75) is 61.3 Å². The molecule has 7 heteroatoms. The minimum atomic E-state index is -0.224. The van der Waals surface area contributed by atoms with Crippen LogP contribution in [0.25, 0.3) is 22.2 Å². The second-order valence-corrected chi connectivity index (χ2v) is 11.7. The molecule has 1 atom stereocenters. The van der Waals surface area contributed by atoms with Crippen LogP contribution in [0.1, 0.15) is 55.1 Å². The fraction of sp³-hybridized carbons (Fsp3) is 0.382. The highest BCUT2D eigenvalue weighted by molar-refractivity contribution is 7.65. The number of aromatic nitrogens is 2. The quantitative estimate of drug-likeness (QED) is 0.253. The van der Waals surface area contributed by atoms with E-state index in [1.165, 1.54) is 32.9 Å². The maximum atomic E-state index is 8.00. The van der Waals surface area contributed by atoms with Gasteiger partial charge >= 0.3 is 0 Å². The Labute approximate surface area is 248 Å². The first-order valence-electron chi connectivity index (χ1n) is 14.2. The number of carbonyl (C=O) groups is 1. The van der Waals surface area contributed by atoms with Crippen LogP contribution in [0, 0.1) is 27.7 Å². The largest absolute Gasteiger partial charge is 0.486 e. The van der Waals surface area contributed by atoms with Gasteiger partial charge in [0, 0.05) is 41.2 Å². The number of aliphatic hydroxyl groups excluding tert-OH is 1.